The van der Waals surface area contributed by atoms with Gasteiger partial charge in [0.25, 0.3) is 0 Å². The van der Waals surface area contributed by atoms with Crippen LogP contribution < -0.4 is 0 Å². The third-order valence-corrected chi connectivity index (χ3v) is 4.12. The molecule has 3 heteroatoms. The molecule has 2 aliphatic rings. The molecular weight excluding hydrogens is 226 g/mol. The molecule has 18 heavy (non-hydrogen) atoms. The normalized spacial score (nSPS) is 28.4. The number of Topliss-reactive ketones (excluding diaryl/α,β-unsaturated/α-hetero) is 2. The largest absolute Gasteiger partial charge is 0.298 e. The van der Waals surface area contributed by atoms with E-state index in [0.29, 0.717) is 12.3 Å². The first-order valence-corrected chi connectivity index (χ1v) is 6.57. The molecule has 94 valence electrons. The summed E-state index contributed by atoms with van der Waals surface area (Å²) in [5, 5.41) is 0. The number of hydrogen-bond acceptors (Lipinski definition) is 3. The Morgan fingerprint density at radius 1 is 1.11 bits per heavy atom. The van der Waals surface area contributed by atoms with Gasteiger partial charge in [0.15, 0.2) is 5.78 Å². The zero-order valence-electron chi connectivity index (χ0n) is 10.3. The number of ketones is 2. The molecule has 2 atom stereocenters. The first kappa shape index (κ1) is 11.6. The van der Waals surface area contributed by atoms with Crippen molar-refractivity contribution in [2.45, 2.75) is 19.4 Å². The second kappa shape index (κ2) is 4.65. The highest BCUT2D eigenvalue weighted by molar-refractivity contribution is 6.38. The van der Waals surface area contributed by atoms with Gasteiger partial charge in [-0.25, -0.2) is 0 Å². The van der Waals surface area contributed by atoms with Crippen LogP contribution in [0.5, 0.6) is 0 Å². The van der Waals surface area contributed by atoms with Gasteiger partial charge in [0.05, 0.1) is 0 Å². The van der Waals surface area contributed by atoms with Crippen molar-refractivity contribution < 1.29 is 9.59 Å². The van der Waals surface area contributed by atoms with Crippen molar-refractivity contribution >= 4 is 11.6 Å². The van der Waals surface area contributed by atoms with Gasteiger partial charge >= 0.3 is 0 Å². The van der Waals surface area contributed by atoms with Gasteiger partial charge in [0.2, 0.25) is 5.78 Å². The highest BCUT2D eigenvalue weighted by atomic mass is 16.2. The summed E-state index contributed by atoms with van der Waals surface area (Å²) in [4.78, 5) is 25.6. The third kappa shape index (κ3) is 2.10. The standard InChI is InChI=1S/C15H17NO2/c17-14-7-6-12-9-16(10-13(12)15(14)18)8-11-4-2-1-3-5-11/h1-5,12-13H,6-10H2. The summed E-state index contributed by atoms with van der Waals surface area (Å²) in [6.45, 7) is 2.60. The lowest BCUT2D eigenvalue weighted by molar-refractivity contribution is -0.141. The fourth-order valence-corrected chi connectivity index (χ4v) is 3.17. The SMILES string of the molecule is O=C1CCC2CN(Cc3ccccc3)CC2C1=O. The molecular formula is C15H17NO2. The molecule has 1 saturated heterocycles. The van der Waals surface area contributed by atoms with Gasteiger partial charge in [-0.2, -0.15) is 0 Å². The van der Waals surface area contributed by atoms with Crippen LogP contribution in [0.4, 0.5) is 0 Å². The number of hydrogen-bond donors (Lipinski definition) is 0. The maximum Gasteiger partial charge on any atom is 0.203 e. The third-order valence-electron chi connectivity index (χ3n) is 4.12. The van der Waals surface area contributed by atoms with Crippen molar-refractivity contribution in [3.8, 4) is 0 Å². The molecule has 0 bridgehead atoms. The molecule has 0 N–H and O–H groups in total. The zero-order chi connectivity index (χ0) is 12.5. The Morgan fingerprint density at radius 2 is 1.89 bits per heavy atom. The predicted octanol–water partition coefficient (Wildman–Crippen LogP) is 1.67. The van der Waals surface area contributed by atoms with E-state index in [9.17, 15) is 9.59 Å². The van der Waals surface area contributed by atoms with E-state index in [1.54, 1.807) is 0 Å². The van der Waals surface area contributed by atoms with Crippen LogP contribution in [0.15, 0.2) is 30.3 Å². The van der Waals surface area contributed by atoms with Crippen molar-refractivity contribution in [1.29, 1.82) is 0 Å². The fraction of sp³-hybridized carbons (Fsp3) is 0.467. The molecule has 1 aromatic carbocycles. The van der Waals surface area contributed by atoms with E-state index < -0.39 is 0 Å². The number of benzene rings is 1. The van der Waals surface area contributed by atoms with E-state index >= 15 is 0 Å². The summed E-state index contributed by atoms with van der Waals surface area (Å²) >= 11 is 0. The van der Waals surface area contributed by atoms with Gasteiger partial charge < -0.3 is 0 Å². The molecule has 1 heterocycles. The van der Waals surface area contributed by atoms with Crippen LogP contribution in [-0.4, -0.2) is 29.6 Å². The average Bonchev–Trinajstić information content (AvgIpc) is 2.79. The van der Waals surface area contributed by atoms with Crippen molar-refractivity contribution in [3.05, 3.63) is 35.9 Å². The minimum absolute atomic E-state index is 0.0324. The topological polar surface area (TPSA) is 37.4 Å². The second-order valence-electron chi connectivity index (χ2n) is 5.37. The lowest BCUT2D eigenvalue weighted by atomic mass is 9.80. The second-order valence-corrected chi connectivity index (χ2v) is 5.37. The minimum atomic E-state index is -0.155. The van der Waals surface area contributed by atoms with E-state index in [0.717, 1.165) is 26.1 Å². The minimum Gasteiger partial charge on any atom is -0.298 e. The number of nitrogens with zero attached hydrogens (tertiary/aromatic N) is 1. The number of carbonyl (C=O) groups excluding carboxylic acids is 2. The fourth-order valence-electron chi connectivity index (χ4n) is 3.17. The van der Waals surface area contributed by atoms with E-state index in [1.807, 2.05) is 18.2 Å². The highest BCUT2D eigenvalue weighted by Gasteiger charge is 2.42. The molecule has 0 radical (unpaired) electrons. The van der Waals surface area contributed by atoms with Crippen molar-refractivity contribution in [2.75, 3.05) is 13.1 Å². The first-order chi connectivity index (χ1) is 8.74. The monoisotopic (exact) mass is 243 g/mol. The van der Waals surface area contributed by atoms with Gasteiger partial charge in [-0.3, -0.25) is 14.5 Å². The smallest absolute Gasteiger partial charge is 0.203 e. The van der Waals surface area contributed by atoms with Crippen LogP contribution in [-0.2, 0) is 16.1 Å². The molecule has 2 unspecified atom stereocenters. The molecule has 0 spiro atoms. The van der Waals surface area contributed by atoms with Gasteiger partial charge in [0.1, 0.15) is 0 Å². The quantitative estimate of drug-likeness (QED) is 0.741. The first-order valence-electron chi connectivity index (χ1n) is 6.57. The van der Waals surface area contributed by atoms with Crippen molar-refractivity contribution in [2.24, 2.45) is 11.8 Å². The number of fused-ring (bicyclic) bond motifs is 1. The summed E-state index contributed by atoms with van der Waals surface area (Å²) in [7, 11) is 0. The highest BCUT2D eigenvalue weighted by Crippen LogP contribution is 2.33. The number of carbonyl (C=O) groups is 2. The number of likely N-dealkylation sites (tertiary alicyclic amines) is 1. The van der Waals surface area contributed by atoms with E-state index in [1.165, 1.54) is 5.56 Å². The van der Waals surface area contributed by atoms with Crippen molar-refractivity contribution in [3.63, 3.8) is 0 Å². The molecule has 1 aromatic rings. The summed E-state index contributed by atoms with van der Waals surface area (Å²) in [5.41, 5.74) is 1.27. The molecule has 1 aliphatic carbocycles. The summed E-state index contributed by atoms with van der Waals surface area (Å²) in [5.74, 6) is 0.0912. The van der Waals surface area contributed by atoms with Gasteiger partial charge in [-0.05, 0) is 17.9 Å². The van der Waals surface area contributed by atoms with Crippen LogP contribution in [0.1, 0.15) is 18.4 Å². The molecule has 3 rings (SSSR count). The van der Waals surface area contributed by atoms with E-state index in [2.05, 4.69) is 17.0 Å². The summed E-state index contributed by atoms with van der Waals surface area (Å²) in [6, 6.07) is 10.3. The molecule has 3 nitrogen and oxygen atoms in total. The van der Waals surface area contributed by atoms with E-state index in [4.69, 9.17) is 0 Å². The molecule has 0 amide bonds. The summed E-state index contributed by atoms with van der Waals surface area (Å²) < 4.78 is 0. The van der Waals surface area contributed by atoms with Crippen LogP contribution >= 0.6 is 0 Å². The molecule has 0 aromatic heterocycles. The van der Waals surface area contributed by atoms with Crippen molar-refractivity contribution in [1.82, 2.24) is 4.90 Å². The van der Waals surface area contributed by atoms with Gasteiger partial charge in [-0.1, -0.05) is 30.3 Å². The Labute approximate surface area is 107 Å². The van der Waals surface area contributed by atoms with Crippen LogP contribution in [0.3, 0.4) is 0 Å². The Kier molecular flexibility index (Phi) is 3.00. The van der Waals surface area contributed by atoms with Crippen LogP contribution in [0.25, 0.3) is 0 Å². The molecule has 1 aliphatic heterocycles. The Hall–Kier alpha value is -1.48. The average molecular weight is 243 g/mol. The van der Waals surface area contributed by atoms with Crippen LogP contribution in [0.2, 0.25) is 0 Å². The maximum atomic E-state index is 11.8. The van der Waals surface area contributed by atoms with E-state index in [-0.39, 0.29) is 17.5 Å². The zero-order valence-corrected chi connectivity index (χ0v) is 10.3. The summed E-state index contributed by atoms with van der Waals surface area (Å²) in [6.07, 6.45) is 1.35. The predicted molar refractivity (Wildman–Crippen MR) is 67.9 cm³/mol. The Morgan fingerprint density at radius 3 is 2.67 bits per heavy atom. The molecule has 1 saturated carbocycles. The maximum absolute atomic E-state index is 11.8. The van der Waals surface area contributed by atoms with Gasteiger partial charge in [-0.15, -0.1) is 0 Å². The lowest BCUT2D eigenvalue weighted by Crippen LogP contribution is -2.34. The van der Waals surface area contributed by atoms with Crippen LogP contribution in [0, 0.1) is 11.8 Å². The number of rotatable bonds is 2. The van der Waals surface area contributed by atoms with Gasteiger partial charge in [0, 0.05) is 32.0 Å². The Balaban J connectivity index is 1.68. The lowest BCUT2D eigenvalue weighted by Gasteiger charge is -2.20. The Bertz CT molecular complexity index is 469. The molecule has 2 fully saturated rings.